The van der Waals surface area contributed by atoms with Gasteiger partial charge >= 0.3 is 0 Å². The van der Waals surface area contributed by atoms with Gasteiger partial charge in [-0.05, 0) is 76.6 Å². The van der Waals surface area contributed by atoms with Gasteiger partial charge < -0.3 is 10.4 Å². The zero-order valence-electron chi connectivity index (χ0n) is 21.6. The van der Waals surface area contributed by atoms with Gasteiger partial charge in [0.25, 0.3) is 0 Å². The van der Waals surface area contributed by atoms with Crippen LogP contribution in [0.15, 0.2) is 75.7 Å². The van der Waals surface area contributed by atoms with Crippen molar-refractivity contribution in [3.05, 3.63) is 102 Å². The average Bonchev–Trinajstić information content (AvgIpc) is 3.24. The van der Waals surface area contributed by atoms with E-state index >= 15 is 0 Å². The number of allylic oxidation sites excluding steroid dienone is 6. The summed E-state index contributed by atoms with van der Waals surface area (Å²) in [5.41, 5.74) is 8.22. The molecule has 3 nitrogen and oxygen atoms in total. The van der Waals surface area contributed by atoms with Crippen molar-refractivity contribution in [2.75, 3.05) is 5.32 Å². The smallest absolute Gasteiger partial charge is 0.201 e. The van der Waals surface area contributed by atoms with Crippen LogP contribution in [0.3, 0.4) is 0 Å². The summed E-state index contributed by atoms with van der Waals surface area (Å²) >= 11 is 12.6. The predicted molar refractivity (Wildman–Crippen MR) is 150 cm³/mol. The second kappa shape index (κ2) is 8.39. The van der Waals surface area contributed by atoms with Gasteiger partial charge in [-0.2, -0.15) is 0 Å². The Morgan fingerprint density at radius 2 is 1.50 bits per heavy atom. The zero-order valence-corrected chi connectivity index (χ0v) is 23.1. The number of halogens is 2. The lowest BCUT2D eigenvalue weighted by Crippen LogP contribution is -2.30. The molecule has 0 amide bonds. The van der Waals surface area contributed by atoms with Crippen molar-refractivity contribution >= 4 is 40.7 Å². The monoisotopic (exact) mass is 519 g/mol. The predicted octanol–water partition coefficient (Wildman–Crippen LogP) is 8.84. The molecule has 2 aromatic carbocycles. The first-order valence-electron chi connectivity index (χ1n) is 12.5. The molecular weight excluding hydrogens is 489 g/mol. The first kappa shape index (κ1) is 24.9. The van der Waals surface area contributed by atoms with Crippen LogP contribution in [0, 0.1) is 0 Å². The van der Waals surface area contributed by atoms with Crippen molar-refractivity contribution in [1.29, 1.82) is 0 Å². The molecule has 3 aliphatic rings. The normalized spacial score (nSPS) is 22.0. The molecule has 186 valence electrons. The summed E-state index contributed by atoms with van der Waals surface area (Å²) in [6.45, 7) is 12.6. The molecule has 0 bridgehead atoms. The van der Waals surface area contributed by atoms with Crippen LogP contribution >= 0.6 is 23.2 Å². The zero-order chi connectivity index (χ0) is 26.2. The number of anilines is 1. The van der Waals surface area contributed by atoms with E-state index in [2.05, 4.69) is 39.1 Å². The van der Waals surface area contributed by atoms with Crippen LogP contribution in [0.4, 0.5) is 5.69 Å². The fourth-order valence-electron chi connectivity index (χ4n) is 6.10. The van der Waals surface area contributed by atoms with Crippen molar-refractivity contribution in [3.8, 4) is 0 Å². The highest BCUT2D eigenvalue weighted by atomic mass is 35.5. The van der Waals surface area contributed by atoms with Gasteiger partial charge in [0.15, 0.2) is 0 Å². The van der Waals surface area contributed by atoms with E-state index < -0.39 is 0 Å². The Kier molecular flexibility index (Phi) is 5.81. The van der Waals surface area contributed by atoms with E-state index in [0.717, 1.165) is 44.8 Å². The van der Waals surface area contributed by atoms with Gasteiger partial charge in [-0.3, -0.25) is 4.79 Å². The molecule has 5 heteroatoms. The SMILES string of the molecule is CC/C(C1=Cc2ccc(Cl)cc2C1(C)C)=C1/C(=O)C(C(/CC)=C2/Nc3ccc(Cl)cc3C2(C)C)=C1O. The minimum atomic E-state index is -0.372. The van der Waals surface area contributed by atoms with E-state index in [0.29, 0.717) is 34.0 Å². The van der Waals surface area contributed by atoms with Crippen molar-refractivity contribution in [2.24, 2.45) is 0 Å². The highest BCUT2D eigenvalue weighted by molar-refractivity contribution is 6.31. The van der Waals surface area contributed by atoms with E-state index in [-0.39, 0.29) is 22.4 Å². The van der Waals surface area contributed by atoms with Crippen molar-refractivity contribution in [2.45, 2.75) is 65.2 Å². The summed E-state index contributed by atoms with van der Waals surface area (Å²) in [7, 11) is 0. The molecule has 0 saturated heterocycles. The molecule has 5 rings (SSSR count). The van der Waals surface area contributed by atoms with Crippen LogP contribution in [-0.2, 0) is 15.6 Å². The van der Waals surface area contributed by atoms with E-state index in [4.69, 9.17) is 23.2 Å². The highest BCUT2D eigenvalue weighted by Gasteiger charge is 2.45. The number of Topliss-reactive ketones (excluding diaryl/α,β-unsaturated/α-hetero) is 1. The summed E-state index contributed by atoms with van der Waals surface area (Å²) in [5.74, 6) is 0.00412. The van der Waals surface area contributed by atoms with Crippen LogP contribution in [0.5, 0.6) is 0 Å². The fourth-order valence-corrected chi connectivity index (χ4v) is 6.45. The molecule has 0 fully saturated rings. The summed E-state index contributed by atoms with van der Waals surface area (Å²) < 4.78 is 0. The maximum absolute atomic E-state index is 13.8. The van der Waals surface area contributed by atoms with Gasteiger partial charge in [0.2, 0.25) is 5.78 Å². The number of fused-ring (bicyclic) bond motifs is 2. The Balaban J connectivity index is 1.63. The highest BCUT2D eigenvalue weighted by Crippen LogP contribution is 2.52. The number of rotatable bonds is 4. The minimum absolute atomic E-state index is 0.0917. The number of ketones is 1. The molecule has 2 aliphatic carbocycles. The first-order valence-corrected chi connectivity index (χ1v) is 13.2. The Bertz CT molecular complexity index is 1470. The quantitative estimate of drug-likeness (QED) is 0.396. The summed E-state index contributed by atoms with van der Waals surface area (Å²) in [4.78, 5) is 13.8. The van der Waals surface area contributed by atoms with Gasteiger partial charge in [-0.1, -0.05) is 76.9 Å². The molecule has 0 atom stereocenters. The molecule has 2 aromatic rings. The second-order valence-corrected chi connectivity index (χ2v) is 11.7. The lowest BCUT2D eigenvalue weighted by molar-refractivity contribution is -0.113. The summed E-state index contributed by atoms with van der Waals surface area (Å²) in [6.07, 6.45) is 3.39. The van der Waals surface area contributed by atoms with Gasteiger partial charge in [0, 0.05) is 32.3 Å². The standard InChI is InChI=1S/C31H31Cl2NO2/c1-7-19(22-13-16-9-10-17(32)14-21(16)30(22,3)4)25-27(35)26(28(25)36)20(8-2)29-31(5,6)23-15-18(33)11-12-24(23)34-29/h9-15,34-35H,7-8H2,1-6H3/b25-19-,29-20+. The molecule has 0 spiro atoms. The number of aliphatic hydroxyl groups excluding tert-OH is 1. The fraction of sp³-hybridized carbons (Fsp3) is 0.323. The molecular formula is C31H31Cl2NO2. The van der Waals surface area contributed by atoms with Gasteiger partial charge in [0.05, 0.1) is 11.1 Å². The van der Waals surface area contributed by atoms with Crippen LogP contribution < -0.4 is 5.32 Å². The Morgan fingerprint density at radius 1 is 0.889 bits per heavy atom. The number of hydrogen-bond acceptors (Lipinski definition) is 3. The molecule has 0 radical (unpaired) electrons. The molecule has 0 saturated carbocycles. The molecule has 36 heavy (non-hydrogen) atoms. The number of carbonyl (C=O) groups excluding carboxylic acids is 1. The van der Waals surface area contributed by atoms with Crippen LogP contribution in [0.1, 0.15) is 71.1 Å². The Labute approximate surface area is 223 Å². The molecule has 1 heterocycles. The van der Waals surface area contributed by atoms with Crippen molar-refractivity contribution < 1.29 is 9.90 Å². The second-order valence-electron chi connectivity index (χ2n) is 10.8. The van der Waals surface area contributed by atoms with Gasteiger partial charge in [0.1, 0.15) is 5.76 Å². The number of hydrogen-bond donors (Lipinski definition) is 2. The maximum Gasteiger partial charge on any atom is 0.201 e. The van der Waals surface area contributed by atoms with Crippen molar-refractivity contribution in [1.82, 2.24) is 0 Å². The number of aliphatic hydroxyl groups is 1. The van der Waals surface area contributed by atoms with Crippen LogP contribution in [0.2, 0.25) is 10.0 Å². The maximum atomic E-state index is 13.8. The topological polar surface area (TPSA) is 49.3 Å². The largest absolute Gasteiger partial charge is 0.506 e. The van der Waals surface area contributed by atoms with E-state index in [1.54, 1.807) is 0 Å². The lowest BCUT2D eigenvalue weighted by atomic mass is 9.71. The molecule has 1 aliphatic heterocycles. The minimum Gasteiger partial charge on any atom is -0.506 e. The number of carbonyl (C=O) groups is 1. The third kappa shape index (κ3) is 3.43. The van der Waals surface area contributed by atoms with Gasteiger partial charge in [-0.25, -0.2) is 0 Å². The third-order valence-electron chi connectivity index (χ3n) is 8.07. The number of nitrogens with one attached hydrogen (secondary N) is 1. The van der Waals surface area contributed by atoms with E-state index in [1.807, 2.05) is 50.2 Å². The third-order valence-corrected chi connectivity index (χ3v) is 8.54. The van der Waals surface area contributed by atoms with Crippen LogP contribution in [-0.4, -0.2) is 10.9 Å². The summed E-state index contributed by atoms with van der Waals surface area (Å²) in [5, 5.41) is 16.3. The molecule has 2 N–H and O–H groups in total. The number of benzene rings is 2. The first-order chi connectivity index (χ1) is 16.9. The Morgan fingerprint density at radius 3 is 2.11 bits per heavy atom. The lowest BCUT2D eigenvalue weighted by Gasteiger charge is -2.33. The molecule has 0 aromatic heterocycles. The van der Waals surface area contributed by atoms with E-state index in [9.17, 15) is 9.90 Å². The molecule has 0 unspecified atom stereocenters. The van der Waals surface area contributed by atoms with Crippen LogP contribution in [0.25, 0.3) is 6.08 Å². The van der Waals surface area contributed by atoms with Crippen molar-refractivity contribution in [3.63, 3.8) is 0 Å². The average molecular weight is 521 g/mol. The van der Waals surface area contributed by atoms with Gasteiger partial charge in [-0.15, -0.1) is 0 Å². The summed E-state index contributed by atoms with van der Waals surface area (Å²) in [6, 6.07) is 11.7. The van der Waals surface area contributed by atoms with E-state index in [1.165, 1.54) is 0 Å². The Hall–Kier alpha value is -2.75.